The van der Waals surface area contributed by atoms with Crippen molar-refractivity contribution in [1.29, 1.82) is 0 Å². The van der Waals surface area contributed by atoms with Crippen LogP contribution in [0.5, 0.6) is 0 Å². The third-order valence-corrected chi connectivity index (χ3v) is 4.20. The molecule has 0 atom stereocenters. The zero-order chi connectivity index (χ0) is 15.1. The molecule has 0 aromatic heterocycles. The summed E-state index contributed by atoms with van der Waals surface area (Å²) in [5, 5.41) is 0. The minimum Gasteiger partial charge on any atom is -0.378 e. The van der Waals surface area contributed by atoms with E-state index >= 15 is 0 Å². The first-order valence-corrected chi connectivity index (χ1v) is 8.97. The number of hydrogen-bond acceptors (Lipinski definition) is 1. The lowest BCUT2D eigenvalue weighted by atomic mass is 9.98. The Kier molecular flexibility index (Phi) is 14.9. The molecule has 0 amide bonds. The highest BCUT2D eigenvalue weighted by Gasteiger charge is 2.10. The molecule has 0 radical (unpaired) electrons. The number of rotatable bonds is 6. The first-order valence-electron chi connectivity index (χ1n) is 8.97. The Morgan fingerprint density at radius 2 is 1.60 bits per heavy atom. The van der Waals surface area contributed by atoms with Crippen molar-refractivity contribution in [1.82, 2.24) is 0 Å². The predicted octanol–water partition coefficient (Wildman–Crippen LogP) is 6.67. The fourth-order valence-electron chi connectivity index (χ4n) is 2.39. The molecule has 0 saturated heterocycles. The van der Waals surface area contributed by atoms with Gasteiger partial charge in [0.05, 0.1) is 6.10 Å². The van der Waals surface area contributed by atoms with Gasteiger partial charge in [-0.3, -0.25) is 0 Å². The molecular weight excluding hydrogens is 244 g/mol. The minimum absolute atomic E-state index is 0.590. The fourth-order valence-corrected chi connectivity index (χ4v) is 2.39. The first-order chi connectivity index (χ1) is 9.74. The maximum Gasteiger partial charge on any atom is 0.0575 e. The molecule has 0 spiro atoms. The van der Waals surface area contributed by atoms with Crippen LogP contribution in [0.1, 0.15) is 98.3 Å². The highest BCUT2D eigenvalue weighted by atomic mass is 16.5. The van der Waals surface area contributed by atoms with Gasteiger partial charge in [-0.25, -0.2) is 0 Å². The van der Waals surface area contributed by atoms with Gasteiger partial charge in [-0.15, -0.1) is 0 Å². The second-order valence-corrected chi connectivity index (χ2v) is 6.03. The molecule has 0 bridgehead atoms. The van der Waals surface area contributed by atoms with Gasteiger partial charge in [-0.2, -0.15) is 0 Å². The molecule has 1 saturated carbocycles. The highest BCUT2D eigenvalue weighted by Crippen LogP contribution is 2.19. The van der Waals surface area contributed by atoms with Crippen molar-refractivity contribution in [3.63, 3.8) is 0 Å². The summed E-state index contributed by atoms with van der Waals surface area (Å²) in [7, 11) is 0. The van der Waals surface area contributed by atoms with Gasteiger partial charge in [0.2, 0.25) is 0 Å². The van der Waals surface area contributed by atoms with E-state index < -0.39 is 0 Å². The van der Waals surface area contributed by atoms with Crippen LogP contribution in [-0.2, 0) is 4.74 Å². The van der Waals surface area contributed by atoms with Crippen LogP contribution in [0.4, 0.5) is 0 Å². The number of ether oxygens (including phenoxy) is 1. The Morgan fingerprint density at radius 1 is 1.00 bits per heavy atom. The zero-order valence-electron chi connectivity index (χ0n) is 14.5. The molecular formula is C19H38O. The average molecular weight is 283 g/mol. The molecule has 1 heteroatoms. The summed E-state index contributed by atoms with van der Waals surface area (Å²) in [5.74, 6) is 0. The van der Waals surface area contributed by atoms with Gasteiger partial charge in [-0.05, 0) is 39.5 Å². The molecule has 0 N–H and O–H groups in total. The second-order valence-electron chi connectivity index (χ2n) is 6.03. The third kappa shape index (κ3) is 12.7. The molecule has 1 aliphatic carbocycles. The largest absolute Gasteiger partial charge is 0.378 e. The fraction of sp³-hybridized carbons (Fsp3) is 0.895. The maximum absolute atomic E-state index is 5.92. The van der Waals surface area contributed by atoms with Gasteiger partial charge < -0.3 is 4.74 Å². The molecule has 1 fully saturated rings. The summed E-state index contributed by atoms with van der Waals surface area (Å²) in [6.07, 6.45) is 17.5. The topological polar surface area (TPSA) is 9.23 Å². The Balaban J connectivity index is 0.000000511. The minimum atomic E-state index is 0.590. The normalized spacial score (nSPS) is 17.9. The van der Waals surface area contributed by atoms with Crippen molar-refractivity contribution >= 4 is 0 Å². The van der Waals surface area contributed by atoms with Crippen molar-refractivity contribution in [2.75, 3.05) is 6.61 Å². The Hall–Kier alpha value is -0.300. The molecule has 0 unspecified atom stereocenters. The summed E-state index contributed by atoms with van der Waals surface area (Å²) in [4.78, 5) is 0. The van der Waals surface area contributed by atoms with Crippen LogP contribution in [0.15, 0.2) is 11.6 Å². The van der Waals surface area contributed by atoms with Crippen LogP contribution in [0.3, 0.4) is 0 Å². The SMILES string of the molecule is CC=C(C)CC.CCCCCOC1CCCCCCC1. The average Bonchev–Trinajstić information content (AvgIpc) is 2.45. The Labute approximate surface area is 128 Å². The van der Waals surface area contributed by atoms with Gasteiger partial charge in [0.15, 0.2) is 0 Å². The smallest absolute Gasteiger partial charge is 0.0575 e. The molecule has 1 nitrogen and oxygen atoms in total. The summed E-state index contributed by atoms with van der Waals surface area (Å²) in [6, 6.07) is 0. The Morgan fingerprint density at radius 3 is 2.05 bits per heavy atom. The monoisotopic (exact) mass is 282 g/mol. The third-order valence-electron chi connectivity index (χ3n) is 4.20. The molecule has 1 aliphatic rings. The number of hydrogen-bond donors (Lipinski definition) is 0. The van der Waals surface area contributed by atoms with Gasteiger partial charge in [-0.1, -0.05) is 70.4 Å². The lowest BCUT2D eigenvalue weighted by Gasteiger charge is -2.20. The van der Waals surface area contributed by atoms with Gasteiger partial charge >= 0.3 is 0 Å². The lowest BCUT2D eigenvalue weighted by molar-refractivity contribution is 0.0334. The van der Waals surface area contributed by atoms with E-state index in [-0.39, 0.29) is 0 Å². The van der Waals surface area contributed by atoms with Crippen LogP contribution in [-0.4, -0.2) is 12.7 Å². The molecule has 0 aliphatic heterocycles. The van der Waals surface area contributed by atoms with E-state index in [9.17, 15) is 0 Å². The van der Waals surface area contributed by atoms with Crippen LogP contribution in [0.2, 0.25) is 0 Å². The molecule has 120 valence electrons. The Bertz CT molecular complexity index is 212. The van der Waals surface area contributed by atoms with Crippen LogP contribution in [0.25, 0.3) is 0 Å². The number of unbranched alkanes of at least 4 members (excludes halogenated alkanes) is 2. The maximum atomic E-state index is 5.92. The molecule has 0 aromatic carbocycles. The van der Waals surface area contributed by atoms with Crippen molar-refractivity contribution in [2.24, 2.45) is 0 Å². The highest BCUT2D eigenvalue weighted by molar-refractivity contribution is 4.93. The van der Waals surface area contributed by atoms with Gasteiger partial charge in [0.25, 0.3) is 0 Å². The van der Waals surface area contributed by atoms with E-state index in [0.29, 0.717) is 6.10 Å². The summed E-state index contributed by atoms with van der Waals surface area (Å²) in [6.45, 7) is 9.61. The zero-order valence-corrected chi connectivity index (χ0v) is 14.5. The summed E-state index contributed by atoms with van der Waals surface area (Å²) >= 11 is 0. The van der Waals surface area contributed by atoms with Crippen molar-refractivity contribution in [3.05, 3.63) is 11.6 Å². The molecule has 0 aromatic rings. The van der Waals surface area contributed by atoms with Crippen LogP contribution < -0.4 is 0 Å². The van der Waals surface area contributed by atoms with Gasteiger partial charge in [0.1, 0.15) is 0 Å². The van der Waals surface area contributed by atoms with E-state index in [2.05, 4.69) is 33.8 Å². The van der Waals surface area contributed by atoms with E-state index in [0.717, 1.165) is 6.61 Å². The van der Waals surface area contributed by atoms with Crippen molar-refractivity contribution < 1.29 is 4.74 Å². The predicted molar refractivity (Wildman–Crippen MR) is 91.3 cm³/mol. The van der Waals surface area contributed by atoms with E-state index in [1.54, 1.807) is 0 Å². The standard InChI is InChI=1S/C13H26O.C6H12/c1-2-3-9-12-14-13-10-7-5-4-6-8-11-13;1-4-6(3)5-2/h13H,2-12H2,1H3;4H,5H2,1-3H3. The van der Waals surface area contributed by atoms with E-state index in [4.69, 9.17) is 4.74 Å². The van der Waals surface area contributed by atoms with Crippen molar-refractivity contribution in [2.45, 2.75) is 104 Å². The van der Waals surface area contributed by atoms with E-state index in [1.165, 1.54) is 76.2 Å². The number of allylic oxidation sites excluding steroid dienone is 2. The van der Waals surface area contributed by atoms with E-state index in [1.807, 2.05) is 0 Å². The van der Waals surface area contributed by atoms with Crippen molar-refractivity contribution in [3.8, 4) is 0 Å². The summed E-state index contributed by atoms with van der Waals surface area (Å²) in [5.41, 5.74) is 1.47. The van der Waals surface area contributed by atoms with Crippen LogP contribution >= 0.6 is 0 Å². The quantitative estimate of drug-likeness (QED) is 0.390. The summed E-state index contributed by atoms with van der Waals surface area (Å²) < 4.78 is 5.92. The second kappa shape index (κ2) is 15.1. The van der Waals surface area contributed by atoms with Gasteiger partial charge in [0, 0.05) is 6.61 Å². The molecule has 20 heavy (non-hydrogen) atoms. The molecule has 0 heterocycles. The first kappa shape index (κ1) is 19.7. The van der Waals surface area contributed by atoms with Crippen LogP contribution in [0, 0.1) is 0 Å². The molecule has 1 rings (SSSR count). The lowest BCUT2D eigenvalue weighted by Crippen LogP contribution is -2.15.